The van der Waals surface area contributed by atoms with E-state index in [9.17, 15) is 14.4 Å². The number of aromatic nitrogens is 4. The smallest absolute Gasteiger partial charge is 0.253 e. The average Bonchev–Trinajstić information content (AvgIpc) is 3.49. The maximum absolute atomic E-state index is 12.8. The Kier molecular flexibility index (Phi) is 7.00. The number of aryl methyl sites for hydroxylation is 1. The highest BCUT2D eigenvalue weighted by Gasteiger charge is 2.31. The van der Waals surface area contributed by atoms with Crippen LogP contribution < -0.4 is 5.32 Å². The summed E-state index contributed by atoms with van der Waals surface area (Å²) in [5, 5.41) is 14.4. The van der Waals surface area contributed by atoms with Crippen molar-refractivity contribution in [1.29, 1.82) is 0 Å². The number of carbonyl (C=O) groups excluding carboxylic acids is 3. The van der Waals surface area contributed by atoms with Crippen molar-refractivity contribution in [3.8, 4) is 0 Å². The summed E-state index contributed by atoms with van der Waals surface area (Å²) >= 11 is 1.24. The largest absolute Gasteiger partial charge is 0.368 e. The quantitative estimate of drug-likeness (QED) is 0.616. The normalized spacial score (nSPS) is 18.6. The summed E-state index contributed by atoms with van der Waals surface area (Å²) < 4.78 is 6.97. The minimum absolute atomic E-state index is 0.0308. The van der Waals surface area contributed by atoms with Gasteiger partial charge in [-0.25, -0.2) is 4.68 Å². The van der Waals surface area contributed by atoms with Gasteiger partial charge in [0.15, 0.2) is 0 Å². The lowest BCUT2D eigenvalue weighted by molar-refractivity contribution is -0.142. The monoisotopic (exact) mass is 459 g/mol. The molecule has 12 heteroatoms. The Morgan fingerprint density at radius 1 is 1.12 bits per heavy atom. The van der Waals surface area contributed by atoms with E-state index < -0.39 is 0 Å². The van der Waals surface area contributed by atoms with E-state index in [0.717, 1.165) is 12.8 Å². The second kappa shape index (κ2) is 10.1. The highest BCUT2D eigenvalue weighted by Crippen LogP contribution is 2.18. The van der Waals surface area contributed by atoms with Crippen LogP contribution in [-0.4, -0.2) is 92.4 Å². The predicted molar refractivity (Wildman–Crippen MR) is 116 cm³/mol. The lowest BCUT2D eigenvalue weighted by atomic mass is 10.1. The fourth-order valence-electron chi connectivity index (χ4n) is 3.66. The molecule has 32 heavy (non-hydrogen) atoms. The van der Waals surface area contributed by atoms with Gasteiger partial charge in [0, 0.05) is 51.1 Å². The van der Waals surface area contributed by atoms with Gasteiger partial charge in [0.1, 0.15) is 6.10 Å². The SMILES string of the molecule is Cn1nnnc1SCC(=O)Nc1ccc(C(=O)N2CCN(C(=O)[C@H]3CCCO3)CC2)cc1. The van der Waals surface area contributed by atoms with E-state index >= 15 is 0 Å². The van der Waals surface area contributed by atoms with Crippen LogP contribution in [0.5, 0.6) is 0 Å². The lowest BCUT2D eigenvalue weighted by Crippen LogP contribution is -2.52. The molecule has 1 N–H and O–H groups in total. The first kappa shape index (κ1) is 22.2. The zero-order chi connectivity index (χ0) is 22.5. The Balaban J connectivity index is 1.24. The second-order valence-corrected chi connectivity index (χ2v) is 8.56. The fraction of sp³-hybridized carbons (Fsp3) is 0.500. The van der Waals surface area contributed by atoms with Gasteiger partial charge >= 0.3 is 0 Å². The van der Waals surface area contributed by atoms with Gasteiger partial charge in [0.2, 0.25) is 11.1 Å². The molecule has 0 saturated carbocycles. The van der Waals surface area contributed by atoms with E-state index in [0.29, 0.717) is 49.2 Å². The summed E-state index contributed by atoms with van der Waals surface area (Å²) in [5.74, 6) is -0.0751. The highest BCUT2D eigenvalue weighted by atomic mass is 32.2. The molecule has 0 bridgehead atoms. The molecule has 0 spiro atoms. The summed E-state index contributed by atoms with van der Waals surface area (Å²) in [6.07, 6.45) is 1.37. The molecule has 0 radical (unpaired) electrons. The van der Waals surface area contributed by atoms with Gasteiger partial charge in [-0.15, -0.1) is 5.10 Å². The van der Waals surface area contributed by atoms with Crippen LogP contribution in [0, 0.1) is 0 Å². The number of nitrogens with zero attached hydrogens (tertiary/aromatic N) is 6. The number of piperazine rings is 1. The summed E-state index contributed by atoms with van der Waals surface area (Å²) in [6, 6.07) is 6.80. The van der Waals surface area contributed by atoms with Crippen LogP contribution in [-0.2, 0) is 21.4 Å². The minimum Gasteiger partial charge on any atom is -0.368 e. The Morgan fingerprint density at radius 2 is 1.84 bits per heavy atom. The average molecular weight is 460 g/mol. The molecule has 4 rings (SSSR count). The van der Waals surface area contributed by atoms with Crippen molar-refractivity contribution in [2.45, 2.75) is 24.1 Å². The van der Waals surface area contributed by atoms with Crippen molar-refractivity contribution in [3.63, 3.8) is 0 Å². The summed E-state index contributed by atoms with van der Waals surface area (Å²) in [7, 11) is 1.71. The molecule has 3 amide bonds. The van der Waals surface area contributed by atoms with Crippen LogP contribution in [0.25, 0.3) is 0 Å². The molecule has 2 aromatic rings. The number of hydrogen-bond acceptors (Lipinski definition) is 8. The summed E-state index contributed by atoms with van der Waals surface area (Å²) in [4.78, 5) is 40.9. The van der Waals surface area contributed by atoms with E-state index in [1.807, 2.05) is 0 Å². The number of amides is 3. The molecule has 2 aliphatic rings. The zero-order valence-corrected chi connectivity index (χ0v) is 18.6. The minimum atomic E-state index is -0.324. The molecule has 0 aliphatic carbocycles. The molecule has 1 aromatic carbocycles. The number of anilines is 1. The number of benzene rings is 1. The number of tetrazole rings is 1. The molecule has 0 unspecified atom stereocenters. The molecule has 3 heterocycles. The van der Waals surface area contributed by atoms with Crippen molar-refractivity contribution < 1.29 is 19.1 Å². The van der Waals surface area contributed by atoms with Crippen LogP contribution in [0.1, 0.15) is 23.2 Å². The first-order valence-electron chi connectivity index (χ1n) is 10.5. The zero-order valence-electron chi connectivity index (χ0n) is 17.8. The number of ether oxygens (including phenoxy) is 1. The van der Waals surface area contributed by atoms with E-state index in [1.54, 1.807) is 41.1 Å². The van der Waals surface area contributed by atoms with Gasteiger partial charge < -0.3 is 19.9 Å². The highest BCUT2D eigenvalue weighted by molar-refractivity contribution is 7.99. The third-order valence-electron chi connectivity index (χ3n) is 5.41. The first-order valence-corrected chi connectivity index (χ1v) is 11.4. The number of rotatable bonds is 6. The summed E-state index contributed by atoms with van der Waals surface area (Å²) in [6.45, 7) is 2.64. The number of thioether (sulfide) groups is 1. The van der Waals surface area contributed by atoms with Crippen molar-refractivity contribution >= 4 is 35.2 Å². The molecule has 2 fully saturated rings. The summed E-state index contributed by atoms with van der Waals surface area (Å²) in [5.41, 5.74) is 1.15. The maximum Gasteiger partial charge on any atom is 0.253 e. The van der Waals surface area contributed by atoms with Gasteiger partial charge in [-0.3, -0.25) is 14.4 Å². The van der Waals surface area contributed by atoms with E-state index in [1.165, 1.54) is 16.4 Å². The molecule has 1 aromatic heterocycles. The first-order chi connectivity index (χ1) is 15.5. The second-order valence-electron chi connectivity index (χ2n) is 7.62. The van der Waals surface area contributed by atoms with Gasteiger partial charge in [0.05, 0.1) is 5.75 Å². The van der Waals surface area contributed by atoms with Crippen molar-refractivity contribution in [1.82, 2.24) is 30.0 Å². The Labute approximate surface area is 189 Å². The predicted octanol–water partition coefficient (Wildman–Crippen LogP) is 0.404. The maximum atomic E-state index is 12.8. The molecule has 2 saturated heterocycles. The molecular weight excluding hydrogens is 434 g/mol. The topological polar surface area (TPSA) is 123 Å². The van der Waals surface area contributed by atoms with E-state index in [2.05, 4.69) is 20.8 Å². The molecule has 2 aliphatic heterocycles. The van der Waals surface area contributed by atoms with Gasteiger partial charge in [-0.05, 0) is 47.5 Å². The molecule has 170 valence electrons. The van der Waals surface area contributed by atoms with Gasteiger partial charge in [-0.1, -0.05) is 11.8 Å². The Morgan fingerprint density at radius 3 is 2.47 bits per heavy atom. The van der Waals surface area contributed by atoms with Crippen LogP contribution in [0.3, 0.4) is 0 Å². The van der Waals surface area contributed by atoms with Crippen LogP contribution in [0.2, 0.25) is 0 Å². The van der Waals surface area contributed by atoms with Crippen molar-refractivity contribution in [2.75, 3.05) is 43.9 Å². The van der Waals surface area contributed by atoms with Crippen molar-refractivity contribution in [3.05, 3.63) is 29.8 Å². The number of nitrogens with one attached hydrogen (secondary N) is 1. The van der Waals surface area contributed by atoms with Crippen LogP contribution >= 0.6 is 11.8 Å². The van der Waals surface area contributed by atoms with Crippen molar-refractivity contribution in [2.24, 2.45) is 7.05 Å². The third kappa shape index (κ3) is 5.25. The van der Waals surface area contributed by atoms with Crippen LogP contribution in [0.4, 0.5) is 5.69 Å². The van der Waals surface area contributed by atoms with Gasteiger partial charge in [0.25, 0.3) is 11.8 Å². The lowest BCUT2D eigenvalue weighted by Gasteiger charge is -2.35. The standard InChI is InChI=1S/C20H25N7O4S/c1-25-20(22-23-24-25)32-13-17(28)21-15-6-4-14(5-7-15)18(29)26-8-10-27(11-9-26)19(30)16-3-2-12-31-16/h4-7,16H,2-3,8-13H2,1H3,(H,21,28)/t16-/m1/s1. The Hall–Kier alpha value is -2.99. The fourth-order valence-corrected chi connectivity index (χ4v) is 4.31. The van der Waals surface area contributed by atoms with E-state index in [-0.39, 0.29) is 29.6 Å². The molecule has 1 atom stereocenters. The Bertz CT molecular complexity index is 967. The number of carbonyl (C=O) groups is 3. The van der Waals surface area contributed by atoms with Gasteiger partial charge in [-0.2, -0.15) is 0 Å². The third-order valence-corrected chi connectivity index (χ3v) is 6.42. The number of hydrogen-bond donors (Lipinski definition) is 1. The molecular formula is C20H25N7O4S. The van der Waals surface area contributed by atoms with Crippen LogP contribution in [0.15, 0.2) is 29.4 Å². The van der Waals surface area contributed by atoms with E-state index in [4.69, 9.17) is 4.74 Å². The molecule has 11 nitrogen and oxygen atoms in total.